The van der Waals surface area contributed by atoms with Crippen LogP contribution in [0.15, 0.2) is 23.8 Å². The van der Waals surface area contributed by atoms with Crippen LogP contribution >= 0.6 is 0 Å². The molecule has 0 saturated carbocycles. The second-order valence-electron chi connectivity index (χ2n) is 2.79. The first-order valence-electron chi connectivity index (χ1n) is 4.31. The van der Waals surface area contributed by atoms with Crippen molar-refractivity contribution in [3.05, 3.63) is 23.8 Å². The Bertz CT molecular complexity index is 174. The minimum Gasteiger partial charge on any atom is -0.327 e. The molecule has 0 aromatic rings. The van der Waals surface area contributed by atoms with E-state index in [-0.39, 0.29) is 5.92 Å². The van der Waals surface area contributed by atoms with Crippen LogP contribution in [-0.4, -0.2) is 12.8 Å². The van der Waals surface area contributed by atoms with Crippen molar-refractivity contribution in [2.45, 2.75) is 20.3 Å². The van der Waals surface area contributed by atoms with Crippen molar-refractivity contribution in [3.63, 3.8) is 0 Å². The lowest BCUT2D eigenvalue weighted by atomic mass is 10.1. The van der Waals surface area contributed by atoms with Crippen LogP contribution in [0.5, 0.6) is 0 Å². The van der Waals surface area contributed by atoms with Gasteiger partial charge in [0.15, 0.2) is 0 Å². The lowest BCUT2D eigenvalue weighted by molar-refractivity contribution is 0.998. The van der Waals surface area contributed by atoms with Gasteiger partial charge in [-0.2, -0.15) is 0 Å². The van der Waals surface area contributed by atoms with Crippen molar-refractivity contribution in [2.24, 2.45) is 11.7 Å². The van der Waals surface area contributed by atoms with E-state index < -0.39 is 0 Å². The molecule has 1 unspecified atom stereocenters. The quantitative estimate of drug-likeness (QED) is 0.477. The average Bonchev–Trinajstić information content (AvgIpc) is 2.12. The van der Waals surface area contributed by atoms with E-state index in [1.54, 1.807) is 0 Å². The number of allylic oxidation sites excluding steroid dienone is 3. The normalized spacial score (nSPS) is 15.1. The van der Waals surface area contributed by atoms with E-state index in [9.17, 15) is 0 Å². The average molecular weight is 166 g/mol. The molecular weight excluding hydrogens is 148 g/mol. The van der Waals surface area contributed by atoms with Crippen molar-refractivity contribution >= 4 is 6.21 Å². The van der Waals surface area contributed by atoms with Gasteiger partial charge in [-0.3, -0.25) is 0 Å². The molecule has 0 amide bonds. The molecule has 0 aliphatic carbocycles. The number of hydrogen-bond acceptors (Lipinski definition) is 2. The summed E-state index contributed by atoms with van der Waals surface area (Å²) in [5.41, 5.74) is 6.72. The van der Waals surface area contributed by atoms with E-state index >= 15 is 0 Å². The Hall–Kier alpha value is -0.890. The Labute approximate surface area is 74.7 Å². The predicted molar refractivity (Wildman–Crippen MR) is 54.5 cm³/mol. The van der Waals surface area contributed by atoms with Gasteiger partial charge in [0.2, 0.25) is 0 Å². The molecule has 0 saturated heterocycles. The minimum absolute atomic E-state index is 0.220. The van der Waals surface area contributed by atoms with E-state index in [4.69, 9.17) is 11.1 Å². The first-order valence-corrected chi connectivity index (χ1v) is 4.31. The van der Waals surface area contributed by atoms with Crippen LogP contribution in [0.4, 0.5) is 0 Å². The zero-order valence-corrected chi connectivity index (χ0v) is 7.88. The molecule has 12 heavy (non-hydrogen) atoms. The van der Waals surface area contributed by atoms with Gasteiger partial charge in [-0.05, 0) is 6.42 Å². The van der Waals surface area contributed by atoms with Crippen LogP contribution < -0.4 is 5.73 Å². The van der Waals surface area contributed by atoms with Crippen LogP contribution in [-0.2, 0) is 0 Å². The SMILES string of the molecule is CCC(=CC=CC(C)C=N)CN. The van der Waals surface area contributed by atoms with Gasteiger partial charge in [0.25, 0.3) is 0 Å². The molecule has 0 bridgehead atoms. The van der Waals surface area contributed by atoms with Gasteiger partial charge in [0, 0.05) is 18.7 Å². The minimum atomic E-state index is 0.220. The zero-order chi connectivity index (χ0) is 9.40. The smallest absolute Gasteiger partial charge is 0.0139 e. The van der Waals surface area contributed by atoms with Gasteiger partial charge in [0.05, 0.1) is 0 Å². The number of hydrogen-bond donors (Lipinski definition) is 2. The summed E-state index contributed by atoms with van der Waals surface area (Å²) in [5, 5.41) is 6.96. The summed E-state index contributed by atoms with van der Waals surface area (Å²) in [6.07, 6.45) is 8.40. The number of nitrogens with two attached hydrogens (primary N) is 1. The highest BCUT2D eigenvalue weighted by atomic mass is 14.5. The van der Waals surface area contributed by atoms with Gasteiger partial charge in [-0.25, -0.2) is 0 Å². The molecule has 0 rings (SSSR count). The molecule has 0 radical (unpaired) electrons. The molecule has 0 spiro atoms. The van der Waals surface area contributed by atoms with Crippen molar-refractivity contribution in [2.75, 3.05) is 6.54 Å². The van der Waals surface area contributed by atoms with Gasteiger partial charge in [-0.15, -0.1) is 0 Å². The summed E-state index contributed by atoms with van der Waals surface area (Å²) < 4.78 is 0. The lowest BCUT2D eigenvalue weighted by Gasteiger charge is -1.96. The Morgan fingerprint density at radius 3 is 2.67 bits per heavy atom. The number of rotatable bonds is 5. The van der Waals surface area contributed by atoms with Crippen LogP contribution in [0, 0.1) is 11.3 Å². The number of nitrogens with one attached hydrogen (secondary N) is 1. The van der Waals surface area contributed by atoms with Crippen molar-refractivity contribution in [3.8, 4) is 0 Å². The first kappa shape index (κ1) is 11.1. The van der Waals surface area contributed by atoms with E-state index in [1.165, 1.54) is 11.8 Å². The zero-order valence-electron chi connectivity index (χ0n) is 7.88. The molecule has 2 heteroatoms. The largest absolute Gasteiger partial charge is 0.327 e. The van der Waals surface area contributed by atoms with Crippen LogP contribution in [0.1, 0.15) is 20.3 Å². The van der Waals surface area contributed by atoms with Crippen molar-refractivity contribution in [1.82, 2.24) is 0 Å². The summed E-state index contributed by atoms with van der Waals surface area (Å²) in [6, 6.07) is 0. The summed E-state index contributed by atoms with van der Waals surface area (Å²) in [7, 11) is 0. The van der Waals surface area contributed by atoms with Gasteiger partial charge in [-0.1, -0.05) is 37.6 Å². The fourth-order valence-corrected chi connectivity index (χ4v) is 0.753. The molecular formula is C10H18N2. The molecule has 0 aliphatic heterocycles. The highest BCUT2D eigenvalue weighted by Gasteiger charge is 1.88. The second-order valence-corrected chi connectivity index (χ2v) is 2.79. The predicted octanol–water partition coefficient (Wildman–Crippen LogP) is 2.12. The molecule has 3 N–H and O–H groups in total. The van der Waals surface area contributed by atoms with Crippen molar-refractivity contribution < 1.29 is 0 Å². The molecule has 1 atom stereocenters. The maximum Gasteiger partial charge on any atom is 0.0139 e. The van der Waals surface area contributed by atoms with Crippen molar-refractivity contribution in [1.29, 1.82) is 5.41 Å². The Kier molecular flexibility index (Phi) is 6.29. The Balaban J connectivity index is 3.99. The topological polar surface area (TPSA) is 49.9 Å². The maximum absolute atomic E-state index is 6.96. The lowest BCUT2D eigenvalue weighted by Crippen LogP contribution is -2.01. The maximum atomic E-state index is 6.96. The van der Waals surface area contributed by atoms with E-state index in [2.05, 4.69) is 6.92 Å². The highest BCUT2D eigenvalue weighted by Crippen LogP contribution is 1.99. The third-order valence-electron chi connectivity index (χ3n) is 1.73. The molecule has 0 aromatic heterocycles. The van der Waals surface area contributed by atoms with E-state index in [0.717, 1.165) is 6.42 Å². The molecule has 0 aliphatic rings. The Morgan fingerprint density at radius 1 is 1.58 bits per heavy atom. The summed E-state index contributed by atoms with van der Waals surface area (Å²) in [4.78, 5) is 0. The van der Waals surface area contributed by atoms with Gasteiger partial charge in [0.1, 0.15) is 0 Å². The second kappa shape index (κ2) is 6.80. The third kappa shape index (κ3) is 4.85. The molecule has 2 nitrogen and oxygen atoms in total. The van der Waals surface area contributed by atoms with Crippen LogP contribution in [0.25, 0.3) is 0 Å². The van der Waals surface area contributed by atoms with E-state index in [1.807, 2.05) is 25.2 Å². The van der Waals surface area contributed by atoms with E-state index in [0.29, 0.717) is 6.54 Å². The first-order chi connectivity index (χ1) is 5.74. The summed E-state index contributed by atoms with van der Waals surface area (Å²) in [6.45, 7) is 4.69. The van der Waals surface area contributed by atoms with Crippen LogP contribution in [0.2, 0.25) is 0 Å². The fourth-order valence-electron chi connectivity index (χ4n) is 0.753. The Morgan fingerprint density at radius 2 is 2.25 bits per heavy atom. The van der Waals surface area contributed by atoms with Gasteiger partial charge >= 0.3 is 0 Å². The molecule has 0 aromatic carbocycles. The van der Waals surface area contributed by atoms with Gasteiger partial charge < -0.3 is 11.1 Å². The monoisotopic (exact) mass is 166 g/mol. The molecule has 0 fully saturated rings. The molecule has 0 heterocycles. The summed E-state index contributed by atoms with van der Waals surface area (Å²) >= 11 is 0. The fraction of sp³-hybridized carbons (Fsp3) is 0.500. The highest BCUT2D eigenvalue weighted by molar-refractivity contribution is 5.58. The van der Waals surface area contributed by atoms with Crippen LogP contribution in [0.3, 0.4) is 0 Å². The standard InChI is InChI=1S/C10H18N2/c1-3-10(8-12)6-4-5-9(2)7-11/h4-7,9,11H,3,8,12H2,1-2H3. The molecule has 68 valence electrons. The summed E-state index contributed by atoms with van der Waals surface area (Å²) in [5.74, 6) is 0.220. The third-order valence-corrected chi connectivity index (χ3v) is 1.73.